The molecule has 2 N–H and O–H groups in total. The summed E-state index contributed by atoms with van der Waals surface area (Å²) in [5, 5.41) is 12.0. The maximum Gasteiger partial charge on any atom is 0.408 e. The van der Waals surface area contributed by atoms with Crippen molar-refractivity contribution in [1.29, 1.82) is 0 Å². The van der Waals surface area contributed by atoms with Crippen molar-refractivity contribution in [3.05, 3.63) is 57.9 Å². The number of carboxylic acid groups (broad SMARTS) is 1. The van der Waals surface area contributed by atoms with Crippen LogP contribution in [-0.4, -0.2) is 22.8 Å². The number of rotatable bonds is 6. The normalized spacial score (nSPS) is 14.7. The van der Waals surface area contributed by atoms with Gasteiger partial charge in [0.25, 0.3) is 0 Å². The van der Waals surface area contributed by atoms with Gasteiger partial charge in [0.05, 0.1) is 12.5 Å². The van der Waals surface area contributed by atoms with Crippen molar-refractivity contribution in [3.63, 3.8) is 0 Å². The highest BCUT2D eigenvalue weighted by atomic mass is 19.1. The van der Waals surface area contributed by atoms with Gasteiger partial charge in [0.15, 0.2) is 0 Å². The number of benzene rings is 2. The minimum absolute atomic E-state index is 0.148. The van der Waals surface area contributed by atoms with Crippen LogP contribution in [0.4, 0.5) is 9.18 Å². The first kappa shape index (κ1) is 23.8. The molecule has 1 aliphatic carbocycles. The van der Waals surface area contributed by atoms with Crippen LogP contribution in [0.25, 0.3) is 11.1 Å². The number of amides is 1. The summed E-state index contributed by atoms with van der Waals surface area (Å²) in [6.07, 6.45) is 1.02. The lowest BCUT2D eigenvalue weighted by Gasteiger charge is -2.24. The van der Waals surface area contributed by atoms with Crippen LogP contribution in [0.2, 0.25) is 0 Å². The second-order valence-corrected chi connectivity index (χ2v) is 9.81. The minimum atomic E-state index is -1.14. The van der Waals surface area contributed by atoms with E-state index in [2.05, 4.69) is 24.4 Å². The van der Waals surface area contributed by atoms with Gasteiger partial charge < -0.3 is 15.2 Å². The number of carbonyl (C=O) groups excluding carboxylic acids is 1. The summed E-state index contributed by atoms with van der Waals surface area (Å²) < 4.78 is 20.5. The number of ether oxygens (including phenoxy) is 1. The van der Waals surface area contributed by atoms with Crippen molar-refractivity contribution in [2.24, 2.45) is 0 Å². The van der Waals surface area contributed by atoms with Gasteiger partial charge in [-0.25, -0.2) is 9.18 Å². The SMILES string of the molecule is Cc1cc(C)c(-c2cc(C)c(F)c(C(CC(=O)O)NC(=O)OC(C)(C)C)c2)c(C2CC2)c1. The van der Waals surface area contributed by atoms with Crippen LogP contribution in [0.5, 0.6) is 0 Å². The molecule has 0 heterocycles. The summed E-state index contributed by atoms with van der Waals surface area (Å²) in [5.41, 5.74) is 5.21. The molecule has 1 aliphatic rings. The fraction of sp³-hybridized carbons (Fsp3) is 0.462. The first-order valence-electron chi connectivity index (χ1n) is 11.0. The molecule has 3 rings (SSSR count). The molecule has 1 fully saturated rings. The molecule has 0 saturated heterocycles. The van der Waals surface area contributed by atoms with Gasteiger partial charge in [0, 0.05) is 5.56 Å². The van der Waals surface area contributed by atoms with E-state index < -0.39 is 35.9 Å². The first-order chi connectivity index (χ1) is 14.9. The van der Waals surface area contributed by atoms with Gasteiger partial charge in [-0.3, -0.25) is 4.79 Å². The highest BCUT2D eigenvalue weighted by Crippen LogP contribution is 2.46. The van der Waals surface area contributed by atoms with E-state index in [0.717, 1.165) is 29.5 Å². The zero-order valence-electron chi connectivity index (χ0n) is 19.6. The molecular weight excluding hydrogens is 409 g/mol. The van der Waals surface area contributed by atoms with E-state index >= 15 is 4.39 Å². The third-order valence-corrected chi connectivity index (χ3v) is 5.54. The molecule has 1 atom stereocenters. The number of halogens is 1. The predicted molar refractivity (Wildman–Crippen MR) is 122 cm³/mol. The number of aryl methyl sites for hydroxylation is 3. The van der Waals surface area contributed by atoms with Crippen molar-refractivity contribution >= 4 is 12.1 Å². The smallest absolute Gasteiger partial charge is 0.408 e. The summed E-state index contributed by atoms with van der Waals surface area (Å²) in [5.74, 6) is -1.17. The summed E-state index contributed by atoms with van der Waals surface area (Å²) in [4.78, 5) is 23.9. The minimum Gasteiger partial charge on any atom is -0.481 e. The second kappa shape index (κ2) is 8.93. The molecule has 1 saturated carbocycles. The molecule has 1 amide bonds. The van der Waals surface area contributed by atoms with Gasteiger partial charge in [-0.1, -0.05) is 17.7 Å². The van der Waals surface area contributed by atoms with E-state index in [-0.39, 0.29) is 5.56 Å². The summed E-state index contributed by atoms with van der Waals surface area (Å²) >= 11 is 0. The average molecular weight is 442 g/mol. The van der Waals surface area contributed by atoms with Crippen LogP contribution in [0.15, 0.2) is 24.3 Å². The molecule has 6 heteroatoms. The van der Waals surface area contributed by atoms with Gasteiger partial charge in [0.1, 0.15) is 11.4 Å². The molecule has 1 unspecified atom stereocenters. The van der Waals surface area contributed by atoms with Gasteiger partial charge in [-0.05, 0) is 100 Å². The van der Waals surface area contributed by atoms with E-state index in [1.54, 1.807) is 39.8 Å². The van der Waals surface area contributed by atoms with E-state index in [4.69, 9.17) is 4.74 Å². The van der Waals surface area contributed by atoms with Crippen molar-refractivity contribution in [1.82, 2.24) is 5.32 Å². The quantitative estimate of drug-likeness (QED) is 0.549. The Morgan fingerprint density at radius 1 is 1.12 bits per heavy atom. The molecule has 5 nitrogen and oxygen atoms in total. The molecular formula is C26H32FNO4. The highest BCUT2D eigenvalue weighted by molar-refractivity contribution is 5.76. The maximum absolute atomic E-state index is 15.2. The fourth-order valence-corrected chi connectivity index (χ4v) is 4.17. The van der Waals surface area contributed by atoms with Gasteiger partial charge in [-0.15, -0.1) is 0 Å². The van der Waals surface area contributed by atoms with E-state index in [1.165, 1.54) is 11.1 Å². The lowest BCUT2D eigenvalue weighted by Crippen LogP contribution is -2.36. The number of nitrogens with one attached hydrogen (secondary N) is 1. The molecule has 0 spiro atoms. The van der Waals surface area contributed by atoms with E-state index in [0.29, 0.717) is 11.5 Å². The number of carbonyl (C=O) groups is 2. The molecule has 0 aromatic heterocycles. The monoisotopic (exact) mass is 441 g/mol. The number of hydrogen-bond acceptors (Lipinski definition) is 3. The topological polar surface area (TPSA) is 75.6 Å². The maximum atomic E-state index is 15.2. The van der Waals surface area contributed by atoms with Gasteiger partial charge in [0.2, 0.25) is 0 Å². The first-order valence-corrected chi connectivity index (χ1v) is 11.0. The number of alkyl carbamates (subject to hydrolysis) is 1. The Labute approximate surface area is 189 Å². The van der Waals surface area contributed by atoms with Gasteiger partial charge >= 0.3 is 12.1 Å². The lowest BCUT2D eigenvalue weighted by molar-refractivity contribution is -0.137. The van der Waals surface area contributed by atoms with Crippen LogP contribution in [0, 0.1) is 26.6 Å². The Morgan fingerprint density at radius 3 is 2.34 bits per heavy atom. The van der Waals surface area contributed by atoms with Crippen LogP contribution in [0.1, 0.15) is 79.8 Å². The summed E-state index contributed by atoms with van der Waals surface area (Å²) in [6, 6.07) is 6.71. The zero-order chi connectivity index (χ0) is 23.8. The standard InChI is InChI=1S/C26H32FNO4/c1-14-9-15(2)23(19(10-14)17-7-8-17)18-11-16(3)24(27)20(12-18)21(13-22(29)30)28-25(31)32-26(4,5)6/h9-12,17,21H,7-8,13H2,1-6H3,(H,28,31)(H,29,30). The number of aliphatic carboxylic acids is 1. The van der Waals surface area contributed by atoms with Crippen LogP contribution >= 0.6 is 0 Å². The Balaban J connectivity index is 2.09. The van der Waals surface area contributed by atoms with E-state index in [1.807, 2.05) is 6.92 Å². The Kier molecular flexibility index (Phi) is 6.63. The predicted octanol–water partition coefficient (Wildman–Crippen LogP) is 6.34. The lowest BCUT2D eigenvalue weighted by atomic mass is 9.87. The third-order valence-electron chi connectivity index (χ3n) is 5.54. The van der Waals surface area contributed by atoms with Gasteiger partial charge in [-0.2, -0.15) is 0 Å². The van der Waals surface area contributed by atoms with Crippen LogP contribution in [0.3, 0.4) is 0 Å². The molecule has 2 aromatic rings. The van der Waals surface area contributed by atoms with Crippen molar-refractivity contribution in [2.45, 2.75) is 78.4 Å². The third kappa shape index (κ3) is 5.67. The summed E-state index contributed by atoms with van der Waals surface area (Å²) in [6.45, 7) is 10.9. The Hall–Kier alpha value is -2.89. The zero-order valence-corrected chi connectivity index (χ0v) is 19.6. The van der Waals surface area contributed by atoms with Crippen LogP contribution in [-0.2, 0) is 9.53 Å². The fourth-order valence-electron chi connectivity index (χ4n) is 4.17. The van der Waals surface area contributed by atoms with Crippen molar-refractivity contribution < 1.29 is 23.8 Å². The van der Waals surface area contributed by atoms with Crippen molar-refractivity contribution in [3.8, 4) is 11.1 Å². The van der Waals surface area contributed by atoms with Crippen LogP contribution < -0.4 is 5.32 Å². The molecule has 0 aliphatic heterocycles. The molecule has 0 bridgehead atoms. The summed E-state index contributed by atoms with van der Waals surface area (Å²) in [7, 11) is 0. The Morgan fingerprint density at radius 2 is 1.78 bits per heavy atom. The number of carboxylic acids is 1. The average Bonchev–Trinajstić information content (AvgIpc) is 3.46. The number of hydrogen-bond donors (Lipinski definition) is 2. The molecule has 2 aromatic carbocycles. The largest absolute Gasteiger partial charge is 0.481 e. The molecule has 32 heavy (non-hydrogen) atoms. The molecule has 172 valence electrons. The highest BCUT2D eigenvalue weighted by Gasteiger charge is 2.29. The molecule has 0 radical (unpaired) electrons. The second-order valence-electron chi connectivity index (χ2n) is 9.81. The Bertz CT molecular complexity index is 1050. The van der Waals surface area contributed by atoms with E-state index in [9.17, 15) is 14.7 Å². The van der Waals surface area contributed by atoms with Crippen molar-refractivity contribution in [2.75, 3.05) is 0 Å².